The van der Waals surface area contributed by atoms with Crippen molar-refractivity contribution in [2.75, 3.05) is 5.75 Å². The Balaban J connectivity index is 4.33. The fourth-order valence-electron chi connectivity index (χ4n) is 2.61. The summed E-state index contributed by atoms with van der Waals surface area (Å²) in [4.78, 5) is -0.239. The van der Waals surface area contributed by atoms with Crippen LogP contribution in [0.25, 0.3) is 0 Å². The van der Waals surface area contributed by atoms with Crippen molar-refractivity contribution >= 4 is 44.8 Å². The first kappa shape index (κ1) is 22.3. The number of hydrogen-bond acceptors (Lipinski definition) is 2. The molecule has 21 heavy (non-hydrogen) atoms. The highest BCUT2D eigenvalue weighted by atomic mass is 35.5. The molecule has 0 aliphatic rings. The van der Waals surface area contributed by atoms with E-state index in [9.17, 15) is 0 Å². The van der Waals surface area contributed by atoms with Crippen molar-refractivity contribution in [3.8, 4) is 0 Å². The molecular formula is C17H34Cl2S2. The zero-order chi connectivity index (χ0) is 15.9. The van der Waals surface area contributed by atoms with E-state index in [0.29, 0.717) is 11.2 Å². The first-order valence-electron chi connectivity index (χ1n) is 8.73. The summed E-state index contributed by atoms with van der Waals surface area (Å²) in [5, 5.41) is 0.390. The van der Waals surface area contributed by atoms with E-state index >= 15 is 0 Å². The summed E-state index contributed by atoms with van der Waals surface area (Å²) >= 11 is 12.6. The van der Waals surface area contributed by atoms with E-state index in [2.05, 4.69) is 20.8 Å². The smallest absolute Gasteiger partial charge is 0.104 e. The molecule has 0 saturated carbocycles. The molecule has 0 bridgehead atoms. The molecule has 0 rings (SSSR count). The Morgan fingerprint density at radius 3 is 1.67 bits per heavy atom. The van der Waals surface area contributed by atoms with Gasteiger partial charge in [0.1, 0.15) is 4.84 Å². The van der Waals surface area contributed by atoms with Gasteiger partial charge in [0.25, 0.3) is 0 Å². The van der Waals surface area contributed by atoms with Crippen LogP contribution in [0, 0.1) is 5.92 Å². The number of halogens is 2. The Morgan fingerprint density at radius 1 is 0.762 bits per heavy atom. The largest absolute Gasteiger partial charge is 0.120 e. The van der Waals surface area contributed by atoms with Crippen molar-refractivity contribution in [2.24, 2.45) is 5.92 Å². The van der Waals surface area contributed by atoms with Gasteiger partial charge >= 0.3 is 0 Å². The molecule has 0 aromatic rings. The molecule has 4 heteroatoms. The van der Waals surface area contributed by atoms with Gasteiger partial charge in [-0.25, -0.2) is 0 Å². The molecule has 0 aliphatic heterocycles. The quantitative estimate of drug-likeness (QED) is 0.161. The van der Waals surface area contributed by atoms with Crippen molar-refractivity contribution in [2.45, 2.75) is 95.1 Å². The second-order valence-electron chi connectivity index (χ2n) is 5.76. The van der Waals surface area contributed by atoms with E-state index < -0.39 is 0 Å². The van der Waals surface area contributed by atoms with Gasteiger partial charge in [0.05, 0.1) is 0 Å². The van der Waals surface area contributed by atoms with Gasteiger partial charge in [-0.05, 0) is 18.8 Å². The van der Waals surface area contributed by atoms with Crippen LogP contribution < -0.4 is 0 Å². The fourth-order valence-corrected chi connectivity index (χ4v) is 6.19. The molecular weight excluding hydrogens is 339 g/mol. The third-order valence-corrected chi connectivity index (χ3v) is 7.74. The van der Waals surface area contributed by atoms with Crippen LogP contribution in [0.15, 0.2) is 0 Å². The molecule has 0 unspecified atom stereocenters. The summed E-state index contributed by atoms with van der Waals surface area (Å²) < 4.78 is 0. The lowest BCUT2D eigenvalue weighted by molar-refractivity contribution is 0.401. The average molecular weight is 373 g/mol. The van der Waals surface area contributed by atoms with Crippen LogP contribution in [-0.2, 0) is 0 Å². The van der Waals surface area contributed by atoms with Gasteiger partial charge in [-0.2, -0.15) is 0 Å². The SMILES string of the molecule is CCCCCCC(CCCCCC)[C@H](SSCC)C(Cl)Cl. The monoisotopic (exact) mass is 372 g/mol. The Bertz CT molecular complexity index is 201. The Labute approximate surface area is 151 Å². The van der Waals surface area contributed by atoms with E-state index in [0.717, 1.165) is 5.75 Å². The predicted molar refractivity (Wildman–Crippen MR) is 106 cm³/mol. The number of unbranched alkanes of at least 4 members (excludes halogenated alkanes) is 6. The molecule has 0 aromatic heterocycles. The van der Waals surface area contributed by atoms with Crippen LogP contribution in [0.2, 0.25) is 0 Å². The molecule has 0 aliphatic carbocycles. The van der Waals surface area contributed by atoms with Gasteiger partial charge in [-0.1, -0.05) is 93.7 Å². The van der Waals surface area contributed by atoms with E-state index in [-0.39, 0.29) is 4.84 Å². The van der Waals surface area contributed by atoms with E-state index in [1.165, 1.54) is 64.2 Å². The van der Waals surface area contributed by atoms with Gasteiger partial charge in [-0.15, -0.1) is 23.2 Å². The molecule has 0 aromatic carbocycles. The van der Waals surface area contributed by atoms with Crippen molar-refractivity contribution in [1.29, 1.82) is 0 Å². The maximum Gasteiger partial charge on any atom is 0.120 e. The maximum atomic E-state index is 6.29. The van der Waals surface area contributed by atoms with Crippen LogP contribution in [0.3, 0.4) is 0 Å². The Kier molecular flexibility index (Phi) is 17.1. The molecule has 0 amide bonds. The van der Waals surface area contributed by atoms with Crippen LogP contribution in [0.1, 0.15) is 85.0 Å². The third kappa shape index (κ3) is 12.4. The van der Waals surface area contributed by atoms with Crippen LogP contribution in [0.4, 0.5) is 0 Å². The second-order valence-corrected chi connectivity index (χ2v) is 9.76. The summed E-state index contributed by atoms with van der Waals surface area (Å²) in [7, 11) is 3.83. The second kappa shape index (κ2) is 16.1. The molecule has 0 nitrogen and oxygen atoms in total. The zero-order valence-electron chi connectivity index (χ0n) is 14.1. The van der Waals surface area contributed by atoms with Gasteiger partial charge in [0.15, 0.2) is 0 Å². The van der Waals surface area contributed by atoms with Crippen LogP contribution in [0.5, 0.6) is 0 Å². The minimum absolute atomic E-state index is 0.239. The van der Waals surface area contributed by atoms with E-state index in [1.807, 2.05) is 21.6 Å². The van der Waals surface area contributed by atoms with E-state index in [4.69, 9.17) is 23.2 Å². The summed E-state index contributed by atoms with van der Waals surface area (Å²) in [6.07, 6.45) is 13.3. The topological polar surface area (TPSA) is 0 Å². The highest BCUT2D eigenvalue weighted by Gasteiger charge is 2.27. The molecule has 0 spiro atoms. The lowest BCUT2D eigenvalue weighted by Crippen LogP contribution is -2.23. The van der Waals surface area contributed by atoms with Gasteiger partial charge < -0.3 is 0 Å². The average Bonchev–Trinajstić information content (AvgIpc) is 2.47. The first-order valence-corrected chi connectivity index (χ1v) is 12.0. The summed E-state index contributed by atoms with van der Waals surface area (Å²) in [6.45, 7) is 6.74. The Hall–Kier alpha value is 1.28. The van der Waals surface area contributed by atoms with Crippen molar-refractivity contribution in [3.63, 3.8) is 0 Å². The van der Waals surface area contributed by atoms with Gasteiger partial charge in [0.2, 0.25) is 0 Å². The van der Waals surface area contributed by atoms with Gasteiger partial charge in [0, 0.05) is 11.0 Å². The molecule has 1 atom stereocenters. The molecule has 0 radical (unpaired) electrons. The summed E-state index contributed by atoms with van der Waals surface area (Å²) in [6, 6.07) is 0. The van der Waals surface area contributed by atoms with Gasteiger partial charge in [-0.3, -0.25) is 0 Å². The van der Waals surface area contributed by atoms with E-state index in [1.54, 1.807) is 0 Å². The van der Waals surface area contributed by atoms with Crippen LogP contribution >= 0.6 is 44.8 Å². The van der Waals surface area contributed by atoms with Crippen molar-refractivity contribution < 1.29 is 0 Å². The van der Waals surface area contributed by atoms with Crippen molar-refractivity contribution in [3.05, 3.63) is 0 Å². The van der Waals surface area contributed by atoms with Crippen molar-refractivity contribution in [1.82, 2.24) is 0 Å². The van der Waals surface area contributed by atoms with Crippen LogP contribution in [-0.4, -0.2) is 15.8 Å². The number of rotatable bonds is 15. The highest BCUT2D eigenvalue weighted by Crippen LogP contribution is 2.40. The predicted octanol–water partition coefficient (Wildman–Crippen LogP) is 8.12. The molecule has 0 heterocycles. The minimum atomic E-state index is -0.239. The molecule has 0 fully saturated rings. The fraction of sp³-hybridized carbons (Fsp3) is 1.00. The highest BCUT2D eigenvalue weighted by molar-refractivity contribution is 8.77. The lowest BCUT2D eigenvalue weighted by atomic mass is 9.92. The normalized spacial score (nSPS) is 13.3. The standard InChI is InChI=1S/C17H34Cl2S2/c1-4-7-9-11-13-15(14-12-10-8-5-2)16(17(18)19)21-20-6-3/h15-17H,4-14H2,1-3H3/t16-/m0/s1. The minimum Gasteiger partial charge on any atom is -0.104 e. The lowest BCUT2D eigenvalue weighted by Gasteiger charge is -2.27. The third-order valence-electron chi connectivity index (χ3n) is 3.87. The molecule has 0 N–H and O–H groups in total. The first-order chi connectivity index (χ1) is 10.2. The zero-order valence-corrected chi connectivity index (χ0v) is 17.2. The molecule has 0 saturated heterocycles. The summed E-state index contributed by atoms with van der Waals surface area (Å²) in [5.74, 6) is 1.81. The number of hydrogen-bond donors (Lipinski definition) is 0. The molecule has 128 valence electrons. The maximum absolute atomic E-state index is 6.29. The number of alkyl halides is 2. The summed E-state index contributed by atoms with van der Waals surface area (Å²) in [5.41, 5.74) is 0. The Morgan fingerprint density at radius 2 is 1.29 bits per heavy atom.